The molecule has 2 nitrogen and oxygen atoms in total. The van der Waals surface area contributed by atoms with Crippen LogP contribution in [0.15, 0.2) is 30.3 Å². The molecule has 0 unspecified atom stereocenters. The standard InChI is InChI=1S/C16H18NO/c18-15-7-6-13-17(11-4-5-12-17)14-10-16-8-2-1-3-9-16/h1-3,8-9,18H,4-5,11-13,15H2/q+1. The van der Waals surface area contributed by atoms with Crippen molar-refractivity contribution < 1.29 is 9.59 Å². The molecule has 18 heavy (non-hydrogen) atoms. The van der Waals surface area contributed by atoms with Crippen molar-refractivity contribution >= 4 is 0 Å². The molecule has 1 fully saturated rings. The topological polar surface area (TPSA) is 20.2 Å². The monoisotopic (exact) mass is 240 g/mol. The molecule has 0 radical (unpaired) electrons. The fourth-order valence-electron chi connectivity index (χ4n) is 2.22. The van der Waals surface area contributed by atoms with Gasteiger partial charge in [-0.2, -0.15) is 0 Å². The van der Waals surface area contributed by atoms with Crippen LogP contribution in [0.4, 0.5) is 0 Å². The maximum absolute atomic E-state index is 8.72. The SMILES string of the molecule is OCC#CC[N+]1(C#Cc2ccccc2)CCCC1. The first-order chi connectivity index (χ1) is 8.85. The third-order valence-electron chi connectivity index (χ3n) is 3.22. The van der Waals surface area contributed by atoms with Gasteiger partial charge in [-0.1, -0.05) is 24.1 Å². The van der Waals surface area contributed by atoms with Crippen molar-refractivity contribution in [1.82, 2.24) is 0 Å². The van der Waals surface area contributed by atoms with Crippen molar-refractivity contribution in [3.05, 3.63) is 35.9 Å². The molecule has 0 bridgehead atoms. The number of nitrogens with zero attached hydrogens (tertiary/aromatic N) is 1. The van der Waals surface area contributed by atoms with Crippen LogP contribution in [-0.4, -0.2) is 35.8 Å². The van der Waals surface area contributed by atoms with Gasteiger partial charge in [-0.3, -0.25) is 0 Å². The Morgan fingerprint density at radius 2 is 1.78 bits per heavy atom. The summed E-state index contributed by atoms with van der Waals surface area (Å²) in [5.74, 6) is 8.99. The van der Waals surface area contributed by atoms with E-state index in [0.717, 1.165) is 29.7 Å². The molecule has 0 aliphatic carbocycles. The lowest BCUT2D eigenvalue weighted by atomic mass is 10.2. The van der Waals surface area contributed by atoms with E-state index in [1.54, 1.807) is 0 Å². The Kier molecular flexibility index (Phi) is 4.42. The Morgan fingerprint density at radius 3 is 2.44 bits per heavy atom. The predicted octanol–water partition coefficient (Wildman–Crippen LogP) is 1.60. The number of benzene rings is 1. The average Bonchev–Trinajstić information content (AvgIpc) is 2.87. The average molecular weight is 240 g/mol. The van der Waals surface area contributed by atoms with Crippen LogP contribution in [0.1, 0.15) is 18.4 Å². The van der Waals surface area contributed by atoms with Gasteiger partial charge >= 0.3 is 0 Å². The molecular weight excluding hydrogens is 222 g/mol. The van der Waals surface area contributed by atoms with E-state index < -0.39 is 0 Å². The van der Waals surface area contributed by atoms with Gasteiger partial charge in [0.15, 0.2) is 6.54 Å². The lowest BCUT2D eigenvalue weighted by Crippen LogP contribution is -2.40. The third-order valence-corrected chi connectivity index (χ3v) is 3.22. The fourth-order valence-corrected chi connectivity index (χ4v) is 2.22. The van der Waals surface area contributed by atoms with Crippen LogP contribution >= 0.6 is 0 Å². The molecule has 2 rings (SSSR count). The molecule has 1 aromatic carbocycles. The highest BCUT2D eigenvalue weighted by Crippen LogP contribution is 2.17. The molecule has 0 atom stereocenters. The molecular formula is C16H18NO+. The van der Waals surface area contributed by atoms with E-state index in [-0.39, 0.29) is 6.61 Å². The minimum Gasteiger partial charge on any atom is -0.384 e. The number of hydrogen-bond donors (Lipinski definition) is 1. The van der Waals surface area contributed by atoms with Crippen LogP contribution in [0.2, 0.25) is 0 Å². The van der Waals surface area contributed by atoms with Crippen LogP contribution in [-0.2, 0) is 0 Å². The first-order valence-electron chi connectivity index (χ1n) is 6.36. The van der Waals surface area contributed by atoms with Gasteiger partial charge in [-0.25, -0.2) is 4.48 Å². The second-order valence-electron chi connectivity index (χ2n) is 4.57. The quantitative estimate of drug-likeness (QED) is 0.584. The molecule has 0 spiro atoms. The van der Waals surface area contributed by atoms with Gasteiger partial charge in [0.2, 0.25) is 0 Å². The highest BCUT2D eigenvalue weighted by atomic mass is 16.2. The van der Waals surface area contributed by atoms with E-state index in [4.69, 9.17) is 5.11 Å². The lowest BCUT2D eigenvalue weighted by Gasteiger charge is -2.23. The van der Waals surface area contributed by atoms with Crippen molar-refractivity contribution in [3.63, 3.8) is 0 Å². The van der Waals surface area contributed by atoms with Gasteiger partial charge in [0.1, 0.15) is 12.7 Å². The van der Waals surface area contributed by atoms with E-state index in [1.807, 2.05) is 30.3 Å². The Hall–Kier alpha value is -1.74. The molecule has 2 heteroatoms. The molecule has 1 heterocycles. The van der Waals surface area contributed by atoms with Gasteiger partial charge < -0.3 is 5.11 Å². The van der Waals surface area contributed by atoms with Gasteiger partial charge in [0, 0.05) is 18.4 Å². The first-order valence-corrected chi connectivity index (χ1v) is 6.36. The van der Waals surface area contributed by atoms with E-state index in [9.17, 15) is 0 Å². The van der Waals surface area contributed by atoms with Crippen LogP contribution < -0.4 is 0 Å². The maximum atomic E-state index is 8.72. The van der Waals surface area contributed by atoms with Crippen LogP contribution in [0.3, 0.4) is 0 Å². The van der Waals surface area contributed by atoms with E-state index in [1.165, 1.54) is 12.8 Å². The maximum Gasteiger partial charge on any atom is 0.153 e. The normalized spacial score (nSPS) is 16.3. The molecule has 1 N–H and O–H groups in total. The van der Waals surface area contributed by atoms with E-state index in [2.05, 4.69) is 23.8 Å². The first kappa shape index (κ1) is 12.7. The zero-order valence-corrected chi connectivity index (χ0v) is 10.5. The second kappa shape index (κ2) is 6.26. The number of rotatable bonds is 1. The highest BCUT2D eigenvalue weighted by molar-refractivity contribution is 5.32. The summed E-state index contributed by atoms with van der Waals surface area (Å²) in [5, 5.41) is 8.72. The fraction of sp³-hybridized carbons (Fsp3) is 0.375. The molecule has 92 valence electrons. The van der Waals surface area contributed by atoms with E-state index in [0.29, 0.717) is 0 Å². The summed E-state index contributed by atoms with van der Waals surface area (Å²) in [6.45, 7) is 2.80. The van der Waals surface area contributed by atoms with Crippen LogP contribution in [0.25, 0.3) is 0 Å². The summed E-state index contributed by atoms with van der Waals surface area (Å²) in [6.07, 6.45) is 2.43. The van der Waals surface area contributed by atoms with Crippen molar-refractivity contribution in [1.29, 1.82) is 0 Å². The molecule has 1 saturated heterocycles. The van der Waals surface area contributed by atoms with Crippen molar-refractivity contribution in [3.8, 4) is 23.8 Å². The number of quaternary nitrogens is 1. The molecule has 1 aliphatic heterocycles. The zero-order valence-electron chi connectivity index (χ0n) is 10.5. The summed E-state index contributed by atoms with van der Waals surface area (Å²) in [5.41, 5.74) is 1.05. The van der Waals surface area contributed by atoms with Gasteiger partial charge in [-0.05, 0) is 24.0 Å². The van der Waals surface area contributed by atoms with Crippen molar-refractivity contribution in [2.24, 2.45) is 0 Å². The smallest absolute Gasteiger partial charge is 0.153 e. The molecule has 0 amide bonds. The van der Waals surface area contributed by atoms with Crippen molar-refractivity contribution in [2.75, 3.05) is 26.2 Å². The number of aliphatic hydroxyl groups is 1. The Morgan fingerprint density at radius 1 is 1.06 bits per heavy atom. The Labute approximate surface area is 109 Å². The highest BCUT2D eigenvalue weighted by Gasteiger charge is 2.29. The predicted molar refractivity (Wildman–Crippen MR) is 72.3 cm³/mol. The molecule has 1 aliphatic rings. The number of hydrogen-bond acceptors (Lipinski definition) is 1. The zero-order chi connectivity index (χ0) is 12.7. The second-order valence-corrected chi connectivity index (χ2v) is 4.57. The minimum absolute atomic E-state index is 0.0634. The molecule has 0 aromatic heterocycles. The molecule has 1 aromatic rings. The Bertz CT molecular complexity index is 493. The molecule has 0 saturated carbocycles. The van der Waals surface area contributed by atoms with Gasteiger partial charge in [-0.15, -0.1) is 0 Å². The van der Waals surface area contributed by atoms with Crippen LogP contribution in [0, 0.1) is 23.8 Å². The van der Waals surface area contributed by atoms with Gasteiger partial charge in [0.05, 0.1) is 13.1 Å². The van der Waals surface area contributed by atoms with Crippen molar-refractivity contribution in [2.45, 2.75) is 12.8 Å². The minimum atomic E-state index is -0.0634. The summed E-state index contributed by atoms with van der Waals surface area (Å²) >= 11 is 0. The third kappa shape index (κ3) is 3.37. The summed E-state index contributed by atoms with van der Waals surface area (Å²) in [6, 6.07) is 13.4. The lowest BCUT2D eigenvalue weighted by molar-refractivity contribution is -0.843. The number of aliphatic hydroxyl groups excluding tert-OH is 1. The van der Waals surface area contributed by atoms with Gasteiger partial charge in [0.25, 0.3) is 0 Å². The Balaban J connectivity index is 2.14. The van der Waals surface area contributed by atoms with Crippen LogP contribution in [0.5, 0.6) is 0 Å². The summed E-state index contributed by atoms with van der Waals surface area (Å²) in [7, 11) is 0. The number of likely N-dealkylation sites (tertiary alicyclic amines) is 1. The largest absolute Gasteiger partial charge is 0.384 e. The van der Waals surface area contributed by atoms with E-state index >= 15 is 0 Å². The summed E-state index contributed by atoms with van der Waals surface area (Å²) in [4.78, 5) is 0. The summed E-state index contributed by atoms with van der Waals surface area (Å²) < 4.78 is 0.752.